The van der Waals surface area contributed by atoms with E-state index in [-0.39, 0.29) is 0 Å². The number of amides is 1. The Kier molecular flexibility index (Phi) is 12.0. The SMILES string of the molecule is CCO[Si](CCCNC(=O)O/N=C(\C)CC)(OCC)OCC. The van der Waals surface area contributed by atoms with Crippen LogP contribution in [0.25, 0.3) is 0 Å². The Morgan fingerprint density at radius 3 is 2.05 bits per heavy atom. The van der Waals surface area contributed by atoms with Gasteiger partial charge in [-0.3, -0.25) is 4.84 Å². The van der Waals surface area contributed by atoms with Crippen molar-refractivity contribution in [2.75, 3.05) is 26.4 Å². The van der Waals surface area contributed by atoms with Crippen LogP contribution in [0.4, 0.5) is 4.79 Å². The molecule has 0 aromatic heterocycles. The first-order chi connectivity index (χ1) is 10.5. The van der Waals surface area contributed by atoms with Crippen molar-refractivity contribution in [3.63, 3.8) is 0 Å². The van der Waals surface area contributed by atoms with E-state index in [0.29, 0.717) is 38.8 Å². The molecule has 0 fully saturated rings. The quantitative estimate of drug-likeness (QED) is 0.195. The molecule has 1 N–H and O–H groups in total. The van der Waals surface area contributed by atoms with Crippen molar-refractivity contribution in [3.05, 3.63) is 0 Å². The number of hydrogen-bond acceptors (Lipinski definition) is 6. The molecule has 0 bridgehead atoms. The first kappa shape index (κ1) is 21.0. The van der Waals surface area contributed by atoms with Crippen LogP contribution in [0, 0.1) is 0 Å². The second-order valence-corrected chi connectivity index (χ2v) is 7.30. The van der Waals surface area contributed by atoms with Crippen LogP contribution in [-0.2, 0) is 18.1 Å². The summed E-state index contributed by atoms with van der Waals surface area (Å²) in [6.45, 7) is 11.6. The second kappa shape index (κ2) is 12.6. The van der Waals surface area contributed by atoms with Gasteiger partial charge in [0.15, 0.2) is 0 Å². The number of carbonyl (C=O) groups is 1. The van der Waals surface area contributed by atoms with E-state index in [9.17, 15) is 4.79 Å². The Hall–Kier alpha value is -0.963. The van der Waals surface area contributed by atoms with Crippen molar-refractivity contribution in [3.8, 4) is 0 Å². The Morgan fingerprint density at radius 2 is 1.59 bits per heavy atom. The van der Waals surface area contributed by atoms with Crippen LogP contribution < -0.4 is 5.32 Å². The standard InChI is InChI=1S/C14H30N2O5Si/c1-6-13(5)16-21-14(17)15-11-10-12-22(18-7-2,19-8-3)20-9-4/h6-12H2,1-5H3,(H,15,17)/b16-13+. The van der Waals surface area contributed by atoms with Gasteiger partial charge in [-0.15, -0.1) is 0 Å². The highest BCUT2D eigenvalue weighted by Crippen LogP contribution is 2.17. The number of oxime groups is 1. The minimum absolute atomic E-state index is 0.460. The van der Waals surface area contributed by atoms with E-state index in [4.69, 9.17) is 18.1 Å². The molecule has 1 amide bonds. The fourth-order valence-electron chi connectivity index (χ4n) is 1.71. The molecule has 130 valence electrons. The van der Waals surface area contributed by atoms with Gasteiger partial charge in [0.05, 0.1) is 5.71 Å². The van der Waals surface area contributed by atoms with Crippen molar-refractivity contribution in [1.29, 1.82) is 0 Å². The molecule has 0 radical (unpaired) electrons. The first-order valence-electron chi connectivity index (χ1n) is 7.93. The predicted molar refractivity (Wildman–Crippen MR) is 87.9 cm³/mol. The van der Waals surface area contributed by atoms with Gasteiger partial charge in [0.1, 0.15) is 0 Å². The van der Waals surface area contributed by atoms with E-state index < -0.39 is 14.9 Å². The van der Waals surface area contributed by atoms with Gasteiger partial charge >= 0.3 is 14.9 Å². The number of carbonyl (C=O) groups excluding carboxylic acids is 1. The van der Waals surface area contributed by atoms with Crippen LogP contribution in [0.2, 0.25) is 6.04 Å². The topological polar surface area (TPSA) is 78.4 Å². The minimum Gasteiger partial charge on any atom is -0.374 e. The Morgan fingerprint density at radius 1 is 1.05 bits per heavy atom. The Bertz CT molecular complexity index is 322. The fourth-order valence-corrected chi connectivity index (χ4v) is 4.33. The summed E-state index contributed by atoms with van der Waals surface area (Å²) < 4.78 is 17.2. The first-order valence-corrected chi connectivity index (χ1v) is 9.86. The molecule has 0 aliphatic rings. The van der Waals surface area contributed by atoms with E-state index in [2.05, 4.69) is 10.5 Å². The lowest BCUT2D eigenvalue weighted by Gasteiger charge is -2.28. The lowest BCUT2D eigenvalue weighted by atomic mass is 10.3. The van der Waals surface area contributed by atoms with Crippen molar-refractivity contribution in [2.24, 2.45) is 5.16 Å². The van der Waals surface area contributed by atoms with Gasteiger partial charge < -0.3 is 18.6 Å². The van der Waals surface area contributed by atoms with Gasteiger partial charge in [-0.05, 0) is 40.5 Å². The van der Waals surface area contributed by atoms with Gasteiger partial charge in [0, 0.05) is 32.4 Å². The summed E-state index contributed by atoms with van der Waals surface area (Å²) in [7, 11) is -2.63. The predicted octanol–water partition coefficient (Wildman–Crippen LogP) is 2.94. The monoisotopic (exact) mass is 334 g/mol. The summed E-state index contributed by atoms with van der Waals surface area (Å²) >= 11 is 0. The van der Waals surface area contributed by atoms with Gasteiger partial charge in [0.2, 0.25) is 0 Å². The van der Waals surface area contributed by atoms with E-state index in [1.807, 2.05) is 27.7 Å². The van der Waals surface area contributed by atoms with Crippen molar-refractivity contribution in [2.45, 2.75) is 53.5 Å². The molecular formula is C14H30N2O5Si. The molecule has 0 aromatic rings. The Labute approximate surface area is 134 Å². The molecule has 0 aliphatic heterocycles. The third-order valence-electron chi connectivity index (χ3n) is 2.82. The van der Waals surface area contributed by atoms with Crippen LogP contribution >= 0.6 is 0 Å². The molecule has 7 nitrogen and oxygen atoms in total. The summed E-state index contributed by atoms with van der Waals surface area (Å²) in [6.07, 6.45) is 0.889. The summed E-state index contributed by atoms with van der Waals surface area (Å²) in [5.41, 5.74) is 0.769. The van der Waals surface area contributed by atoms with Crippen LogP contribution in [0.3, 0.4) is 0 Å². The van der Waals surface area contributed by atoms with Gasteiger partial charge in [0.25, 0.3) is 0 Å². The smallest absolute Gasteiger partial charge is 0.374 e. The van der Waals surface area contributed by atoms with E-state index in [1.165, 1.54) is 0 Å². The maximum Gasteiger partial charge on any atom is 0.500 e. The summed E-state index contributed by atoms with van der Waals surface area (Å²) in [6, 6.07) is 0.653. The Balaban J connectivity index is 4.18. The molecule has 0 aromatic carbocycles. The van der Waals surface area contributed by atoms with E-state index in [0.717, 1.165) is 12.1 Å². The molecule has 0 heterocycles. The van der Waals surface area contributed by atoms with Gasteiger partial charge in [-0.1, -0.05) is 12.1 Å². The minimum atomic E-state index is -2.63. The summed E-state index contributed by atoms with van der Waals surface area (Å²) in [5, 5.41) is 6.35. The molecule has 0 unspecified atom stereocenters. The number of nitrogens with zero attached hydrogens (tertiary/aromatic N) is 1. The van der Waals surface area contributed by atoms with Gasteiger partial charge in [-0.2, -0.15) is 0 Å². The molecule has 0 rings (SSSR count). The van der Waals surface area contributed by atoms with Crippen LogP contribution in [-0.4, -0.2) is 47.0 Å². The highest BCUT2D eigenvalue weighted by atomic mass is 28.4. The van der Waals surface area contributed by atoms with Crippen molar-refractivity contribution >= 4 is 20.6 Å². The lowest BCUT2D eigenvalue weighted by molar-refractivity contribution is 0.0707. The molecule has 8 heteroatoms. The van der Waals surface area contributed by atoms with Gasteiger partial charge in [-0.25, -0.2) is 4.79 Å². The third kappa shape index (κ3) is 9.14. The van der Waals surface area contributed by atoms with Crippen LogP contribution in [0.5, 0.6) is 0 Å². The zero-order chi connectivity index (χ0) is 16.8. The number of hydrogen-bond donors (Lipinski definition) is 1. The molecule has 0 atom stereocenters. The second-order valence-electron chi connectivity index (χ2n) is 4.57. The molecule has 0 spiro atoms. The maximum absolute atomic E-state index is 11.4. The average Bonchev–Trinajstić information content (AvgIpc) is 2.50. The summed E-state index contributed by atoms with van der Waals surface area (Å²) in [4.78, 5) is 16.2. The van der Waals surface area contributed by atoms with E-state index in [1.54, 1.807) is 6.92 Å². The molecule has 0 saturated heterocycles. The lowest BCUT2D eigenvalue weighted by Crippen LogP contribution is -2.46. The zero-order valence-electron chi connectivity index (χ0n) is 14.4. The summed E-state index contributed by atoms with van der Waals surface area (Å²) in [5.74, 6) is 0. The number of rotatable bonds is 12. The van der Waals surface area contributed by atoms with Crippen LogP contribution in [0.15, 0.2) is 5.16 Å². The third-order valence-corrected chi connectivity index (χ3v) is 5.97. The molecule has 0 saturated carbocycles. The molecular weight excluding hydrogens is 304 g/mol. The largest absolute Gasteiger partial charge is 0.500 e. The fraction of sp³-hybridized carbons (Fsp3) is 0.857. The maximum atomic E-state index is 11.4. The average molecular weight is 334 g/mol. The van der Waals surface area contributed by atoms with Crippen molar-refractivity contribution < 1.29 is 22.9 Å². The highest BCUT2D eigenvalue weighted by Gasteiger charge is 2.39. The molecule has 0 aliphatic carbocycles. The van der Waals surface area contributed by atoms with Crippen molar-refractivity contribution in [1.82, 2.24) is 5.32 Å². The normalized spacial score (nSPS) is 12.3. The zero-order valence-corrected chi connectivity index (χ0v) is 15.4. The highest BCUT2D eigenvalue weighted by molar-refractivity contribution is 6.60. The van der Waals surface area contributed by atoms with Crippen LogP contribution in [0.1, 0.15) is 47.5 Å². The van der Waals surface area contributed by atoms with E-state index >= 15 is 0 Å². The molecule has 22 heavy (non-hydrogen) atoms. The number of nitrogens with one attached hydrogen (secondary N) is 1.